The first-order valence-corrected chi connectivity index (χ1v) is 6.99. The minimum atomic E-state index is 0.444. The Morgan fingerprint density at radius 3 is 2.84 bits per heavy atom. The predicted molar refractivity (Wildman–Crippen MR) is 76.8 cm³/mol. The maximum absolute atomic E-state index is 6.01. The van der Waals surface area contributed by atoms with Crippen LogP contribution in [-0.4, -0.2) is 5.16 Å². The van der Waals surface area contributed by atoms with Crippen molar-refractivity contribution in [3.8, 4) is 11.1 Å². The van der Waals surface area contributed by atoms with Gasteiger partial charge >= 0.3 is 0 Å². The quantitative estimate of drug-likeness (QED) is 0.878. The Bertz CT molecular complexity index is 588. The lowest BCUT2D eigenvalue weighted by Gasteiger charge is -2.14. The van der Waals surface area contributed by atoms with Gasteiger partial charge in [0.1, 0.15) is 0 Å². The molecule has 1 aliphatic rings. The molecule has 2 aromatic rings. The summed E-state index contributed by atoms with van der Waals surface area (Å²) in [7, 11) is 0. The molecular weight excluding hydrogens is 236 g/mol. The fraction of sp³-hybridized carbons (Fsp3) is 0.438. The Kier molecular flexibility index (Phi) is 3.05. The molecule has 19 heavy (non-hydrogen) atoms. The number of anilines is 1. The summed E-state index contributed by atoms with van der Waals surface area (Å²) in [5.41, 5.74) is 10.4. The number of hydrogen-bond acceptors (Lipinski definition) is 3. The Labute approximate surface area is 113 Å². The Hall–Kier alpha value is -1.77. The van der Waals surface area contributed by atoms with Gasteiger partial charge in [-0.05, 0) is 24.8 Å². The van der Waals surface area contributed by atoms with Crippen LogP contribution in [0, 0.1) is 12.8 Å². The summed E-state index contributed by atoms with van der Waals surface area (Å²) in [5.74, 6) is 1.59. The second-order valence-electron chi connectivity index (χ2n) is 5.69. The van der Waals surface area contributed by atoms with E-state index in [4.69, 9.17) is 10.3 Å². The van der Waals surface area contributed by atoms with Crippen molar-refractivity contribution < 1.29 is 4.52 Å². The smallest absolute Gasteiger partial charge is 0.230 e. The lowest BCUT2D eigenvalue weighted by molar-refractivity contribution is 0.407. The van der Waals surface area contributed by atoms with E-state index in [2.05, 4.69) is 43.3 Å². The van der Waals surface area contributed by atoms with E-state index in [1.54, 1.807) is 0 Å². The van der Waals surface area contributed by atoms with Gasteiger partial charge in [0, 0.05) is 5.92 Å². The summed E-state index contributed by atoms with van der Waals surface area (Å²) in [6, 6.07) is 8.37. The minimum Gasteiger partial charge on any atom is -0.367 e. The number of aromatic nitrogens is 1. The van der Waals surface area contributed by atoms with Crippen molar-refractivity contribution in [1.29, 1.82) is 0 Å². The number of aryl methyl sites for hydroxylation is 1. The minimum absolute atomic E-state index is 0.444. The van der Waals surface area contributed by atoms with E-state index in [0.29, 0.717) is 17.7 Å². The third-order valence-electron chi connectivity index (χ3n) is 4.26. The van der Waals surface area contributed by atoms with Crippen LogP contribution in [0.1, 0.15) is 43.4 Å². The van der Waals surface area contributed by atoms with E-state index < -0.39 is 0 Å². The molecule has 100 valence electrons. The first-order chi connectivity index (χ1) is 9.16. The van der Waals surface area contributed by atoms with E-state index in [-0.39, 0.29) is 0 Å². The summed E-state index contributed by atoms with van der Waals surface area (Å²) in [6.45, 7) is 4.38. The molecular formula is C16H20N2O. The van der Waals surface area contributed by atoms with Crippen LogP contribution in [0.3, 0.4) is 0 Å². The normalized spacial score (nSPS) is 22.8. The molecule has 0 saturated heterocycles. The zero-order valence-electron chi connectivity index (χ0n) is 11.5. The van der Waals surface area contributed by atoms with Gasteiger partial charge in [0.2, 0.25) is 5.88 Å². The first kappa shape index (κ1) is 12.3. The van der Waals surface area contributed by atoms with Crippen LogP contribution in [0.5, 0.6) is 0 Å². The van der Waals surface area contributed by atoms with Crippen molar-refractivity contribution in [1.82, 2.24) is 5.16 Å². The van der Waals surface area contributed by atoms with Gasteiger partial charge in [-0.15, -0.1) is 0 Å². The molecule has 0 spiro atoms. The molecule has 1 aliphatic carbocycles. The van der Waals surface area contributed by atoms with Gasteiger partial charge in [-0.25, -0.2) is 0 Å². The fourth-order valence-electron chi connectivity index (χ4n) is 3.21. The maximum Gasteiger partial charge on any atom is 0.230 e. The number of nitrogens with two attached hydrogens (primary N) is 1. The zero-order chi connectivity index (χ0) is 13.4. The second kappa shape index (κ2) is 4.72. The lowest BCUT2D eigenvalue weighted by atomic mass is 9.89. The second-order valence-corrected chi connectivity index (χ2v) is 5.69. The standard InChI is InChI=1S/C16H20N2O/c1-10-5-3-7-12(9-10)14-15(18-19-16(14)17)13-8-4-6-11(13)2/h3,5,7,9,11,13H,4,6,8,17H2,1-2H3. The van der Waals surface area contributed by atoms with E-state index in [1.807, 2.05) is 0 Å². The molecule has 3 heteroatoms. The third kappa shape index (κ3) is 2.14. The maximum atomic E-state index is 6.01. The van der Waals surface area contributed by atoms with Gasteiger partial charge in [0.25, 0.3) is 0 Å². The Morgan fingerprint density at radius 2 is 2.16 bits per heavy atom. The monoisotopic (exact) mass is 256 g/mol. The van der Waals surface area contributed by atoms with Crippen molar-refractivity contribution in [3.63, 3.8) is 0 Å². The third-order valence-corrected chi connectivity index (χ3v) is 4.26. The van der Waals surface area contributed by atoms with E-state index in [0.717, 1.165) is 16.8 Å². The van der Waals surface area contributed by atoms with E-state index >= 15 is 0 Å². The highest BCUT2D eigenvalue weighted by molar-refractivity contribution is 5.76. The molecule has 3 rings (SSSR count). The van der Waals surface area contributed by atoms with E-state index in [1.165, 1.54) is 24.8 Å². The van der Waals surface area contributed by atoms with Crippen molar-refractivity contribution >= 4 is 5.88 Å². The lowest BCUT2D eigenvalue weighted by Crippen LogP contribution is -2.04. The number of nitrogen functional groups attached to an aromatic ring is 1. The molecule has 0 bridgehead atoms. The molecule has 1 heterocycles. The summed E-state index contributed by atoms with van der Waals surface area (Å²) in [6.07, 6.45) is 3.72. The van der Waals surface area contributed by atoms with Crippen molar-refractivity contribution in [2.75, 3.05) is 5.73 Å². The summed E-state index contributed by atoms with van der Waals surface area (Å²) >= 11 is 0. The van der Waals surface area contributed by atoms with Crippen molar-refractivity contribution in [3.05, 3.63) is 35.5 Å². The molecule has 1 saturated carbocycles. The largest absolute Gasteiger partial charge is 0.367 e. The molecule has 2 N–H and O–H groups in total. The first-order valence-electron chi connectivity index (χ1n) is 6.99. The summed E-state index contributed by atoms with van der Waals surface area (Å²) in [4.78, 5) is 0. The van der Waals surface area contributed by atoms with Gasteiger partial charge < -0.3 is 10.3 Å². The van der Waals surface area contributed by atoms with Gasteiger partial charge in [-0.2, -0.15) is 0 Å². The van der Waals surface area contributed by atoms with Crippen LogP contribution in [-0.2, 0) is 0 Å². The molecule has 1 aromatic carbocycles. The molecule has 2 atom stereocenters. The van der Waals surface area contributed by atoms with Crippen LogP contribution >= 0.6 is 0 Å². The molecule has 2 unspecified atom stereocenters. The van der Waals surface area contributed by atoms with Crippen molar-refractivity contribution in [2.45, 2.75) is 39.0 Å². The molecule has 0 amide bonds. The van der Waals surface area contributed by atoms with Gasteiger partial charge in [0.15, 0.2) is 0 Å². The zero-order valence-corrected chi connectivity index (χ0v) is 11.5. The average molecular weight is 256 g/mol. The molecule has 3 nitrogen and oxygen atoms in total. The number of hydrogen-bond donors (Lipinski definition) is 1. The topological polar surface area (TPSA) is 52.0 Å². The number of nitrogens with zero attached hydrogens (tertiary/aromatic N) is 1. The highest BCUT2D eigenvalue weighted by atomic mass is 16.5. The number of rotatable bonds is 2. The highest BCUT2D eigenvalue weighted by Gasteiger charge is 2.31. The fourth-order valence-corrected chi connectivity index (χ4v) is 3.21. The van der Waals surface area contributed by atoms with E-state index in [9.17, 15) is 0 Å². The van der Waals surface area contributed by atoms with Crippen LogP contribution in [0.25, 0.3) is 11.1 Å². The molecule has 0 aliphatic heterocycles. The van der Waals surface area contributed by atoms with Crippen LogP contribution in [0.15, 0.2) is 28.8 Å². The molecule has 1 aromatic heterocycles. The van der Waals surface area contributed by atoms with Crippen LogP contribution < -0.4 is 5.73 Å². The summed E-state index contributed by atoms with van der Waals surface area (Å²) < 4.78 is 5.28. The van der Waals surface area contributed by atoms with Crippen LogP contribution in [0.2, 0.25) is 0 Å². The molecule has 0 radical (unpaired) electrons. The Morgan fingerprint density at radius 1 is 1.32 bits per heavy atom. The summed E-state index contributed by atoms with van der Waals surface area (Å²) in [5, 5.41) is 4.25. The van der Waals surface area contributed by atoms with Crippen molar-refractivity contribution in [2.24, 2.45) is 5.92 Å². The highest BCUT2D eigenvalue weighted by Crippen LogP contribution is 2.44. The van der Waals surface area contributed by atoms with Gasteiger partial charge in [-0.1, -0.05) is 54.8 Å². The SMILES string of the molecule is Cc1cccc(-c2c(C3CCCC3C)noc2N)c1. The molecule has 1 fully saturated rings. The van der Waals surface area contributed by atoms with Gasteiger partial charge in [-0.3, -0.25) is 0 Å². The van der Waals surface area contributed by atoms with Gasteiger partial charge in [0.05, 0.1) is 11.3 Å². The Balaban J connectivity index is 2.08. The predicted octanol–water partition coefficient (Wildman–Crippen LogP) is 4.14. The average Bonchev–Trinajstić information content (AvgIpc) is 2.95. The number of benzene rings is 1. The van der Waals surface area contributed by atoms with Crippen LogP contribution in [0.4, 0.5) is 5.88 Å².